The maximum atomic E-state index is 11.5. The highest BCUT2D eigenvalue weighted by atomic mass is 16.1. The second-order valence-electron chi connectivity index (χ2n) is 4.57. The van der Waals surface area contributed by atoms with Gasteiger partial charge in [-0.2, -0.15) is 0 Å². The Kier molecular flexibility index (Phi) is 6.60. The van der Waals surface area contributed by atoms with E-state index in [1.165, 1.54) is 0 Å². The Bertz CT molecular complexity index is 166. The van der Waals surface area contributed by atoms with Crippen LogP contribution >= 0.6 is 0 Å². The van der Waals surface area contributed by atoms with Gasteiger partial charge in [0.25, 0.3) is 0 Å². The van der Waals surface area contributed by atoms with Gasteiger partial charge in [-0.1, -0.05) is 41.0 Å². The third-order valence-corrected chi connectivity index (χ3v) is 2.71. The van der Waals surface area contributed by atoms with Crippen LogP contribution in [-0.2, 0) is 4.79 Å². The summed E-state index contributed by atoms with van der Waals surface area (Å²) in [5.41, 5.74) is 0. The zero-order chi connectivity index (χ0) is 11.1. The lowest BCUT2D eigenvalue weighted by atomic mass is 9.96. The van der Waals surface area contributed by atoms with Crippen molar-refractivity contribution in [1.82, 2.24) is 5.32 Å². The van der Waals surface area contributed by atoms with E-state index in [1.54, 1.807) is 0 Å². The number of amides is 1. The molecule has 0 bridgehead atoms. The minimum atomic E-state index is 0.201. The van der Waals surface area contributed by atoms with Gasteiger partial charge in [-0.05, 0) is 18.3 Å². The minimum Gasteiger partial charge on any atom is -0.353 e. The maximum Gasteiger partial charge on any atom is 0.220 e. The summed E-state index contributed by atoms with van der Waals surface area (Å²) in [6.45, 7) is 10.6. The fourth-order valence-electron chi connectivity index (χ4n) is 1.57. The normalized spacial score (nSPS) is 15.3. The number of carbonyl (C=O) groups excluding carboxylic acids is 1. The predicted molar refractivity (Wildman–Crippen MR) is 61.1 cm³/mol. The van der Waals surface area contributed by atoms with Gasteiger partial charge in [-0.25, -0.2) is 0 Å². The fourth-order valence-corrected chi connectivity index (χ4v) is 1.57. The van der Waals surface area contributed by atoms with E-state index in [9.17, 15) is 4.79 Å². The third-order valence-electron chi connectivity index (χ3n) is 2.71. The number of hydrogen-bond donors (Lipinski definition) is 1. The van der Waals surface area contributed by atoms with Gasteiger partial charge in [0.05, 0.1) is 0 Å². The van der Waals surface area contributed by atoms with Crippen LogP contribution in [0, 0.1) is 11.8 Å². The van der Waals surface area contributed by atoms with Crippen molar-refractivity contribution in [3.63, 3.8) is 0 Å². The molecule has 84 valence electrons. The Morgan fingerprint density at radius 1 is 1.14 bits per heavy atom. The van der Waals surface area contributed by atoms with E-state index < -0.39 is 0 Å². The van der Waals surface area contributed by atoms with E-state index in [4.69, 9.17) is 0 Å². The Morgan fingerprint density at radius 3 is 2.07 bits per heavy atom. The Hall–Kier alpha value is -0.530. The van der Waals surface area contributed by atoms with Gasteiger partial charge >= 0.3 is 0 Å². The maximum absolute atomic E-state index is 11.5. The molecular weight excluding hydrogens is 174 g/mol. The van der Waals surface area contributed by atoms with Crippen LogP contribution in [0.1, 0.15) is 53.9 Å². The van der Waals surface area contributed by atoms with Crippen molar-refractivity contribution < 1.29 is 4.79 Å². The number of nitrogens with one attached hydrogen (secondary N) is 1. The number of hydrogen-bond acceptors (Lipinski definition) is 1. The first-order valence-corrected chi connectivity index (χ1v) is 5.80. The molecule has 2 nitrogen and oxygen atoms in total. The highest BCUT2D eigenvalue weighted by molar-refractivity contribution is 5.76. The first kappa shape index (κ1) is 13.5. The van der Waals surface area contributed by atoms with Crippen LogP contribution in [0.3, 0.4) is 0 Å². The molecule has 0 aliphatic heterocycles. The zero-order valence-electron chi connectivity index (χ0n) is 10.3. The minimum absolute atomic E-state index is 0.201. The molecule has 14 heavy (non-hydrogen) atoms. The zero-order valence-corrected chi connectivity index (χ0v) is 10.3. The van der Waals surface area contributed by atoms with Crippen molar-refractivity contribution in [2.24, 2.45) is 11.8 Å². The molecule has 0 saturated heterocycles. The van der Waals surface area contributed by atoms with Crippen LogP contribution in [-0.4, -0.2) is 11.9 Å². The fraction of sp³-hybridized carbons (Fsp3) is 0.917. The predicted octanol–water partition coefficient (Wildman–Crippen LogP) is 2.97. The first-order chi connectivity index (χ1) is 6.51. The van der Waals surface area contributed by atoms with E-state index in [0.717, 1.165) is 12.8 Å². The molecule has 0 aromatic rings. The summed E-state index contributed by atoms with van der Waals surface area (Å²) in [6.07, 6.45) is 2.80. The van der Waals surface area contributed by atoms with Crippen molar-refractivity contribution in [3.05, 3.63) is 0 Å². The average molecular weight is 199 g/mol. The van der Waals surface area contributed by atoms with Crippen molar-refractivity contribution in [3.8, 4) is 0 Å². The highest BCUT2D eigenvalue weighted by Gasteiger charge is 2.16. The van der Waals surface area contributed by atoms with E-state index in [-0.39, 0.29) is 5.91 Å². The van der Waals surface area contributed by atoms with Crippen LogP contribution < -0.4 is 5.32 Å². The molecule has 2 heteroatoms. The first-order valence-electron chi connectivity index (χ1n) is 5.80. The van der Waals surface area contributed by atoms with E-state index in [2.05, 4.69) is 39.9 Å². The van der Waals surface area contributed by atoms with Crippen molar-refractivity contribution >= 4 is 5.91 Å². The van der Waals surface area contributed by atoms with Crippen LogP contribution in [0.2, 0.25) is 0 Å². The van der Waals surface area contributed by atoms with E-state index >= 15 is 0 Å². The molecule has 1 unspecified atom stereocenters. The Labute approximate surface area is 88.5 Å². The van der Waals surface area contributed by atoms with Gasteiger partial charge in [0.15, 0.2) is 0 Å². The van der Waals surface area contributed by atoms with E-state index in [1.807, 2.05) is 0 Å². The summed E-state index contributed by atoms with van der Waals surface area (Å²) in [5, 5.41) is 3.11. The standard InChI is InChI=1S/C12H25NO/c1-6-10(5)11(7-2)13-12(14)8-9(3)4/h9-11H,6-8H2,1-5H3,(H,13,14)/t10?,11-/m1/s1. The summed E-state index contributed by atoms with van der Waals surface area (Å²) in [4.78, 5) is 11.5. The van der Waals surface area contributed by atoms with Gasteiger partial charge in [-0.3, -0.25) is 4.79 Å². The lowest BCUT2D eigenvalue weighted by Crippen LogP contribution is -2.39. The molecule has 0 rings (SSSR count). The summed E-state index contributed by atoms with van der Waals surface area (Å²) >= 11 is 0. The SMILES string of the molecule is CCC(C)[C@@H](CC)NC(=O)CC(C)C. The van der Waals surface area contributed by atoms with Crippen LogP contribution in [0.25, 0.3) is 0 Å². The average Bonchev–Trinajstić information content (AvgIpc) is 2.11. The number of rotatable bonds is 6. The molecule has 0 aliphatic carbocycles. The Morgan fingerprint density at radius 2 is 1.71 bits per heavy atom. The van der Waals surface area contributed by atoms with Gasteiger partial charge in [0, 0.05) is 12.5 Å². The molecule has 0 heterocycles. The smallest absolute Gasteiger partial charge is 0.220 e. The monoisotopic (exact) mass is 199 g/mol. The Balaban J connectivity index is 3.98. The molecule has 0 aromatic heterocycles. The lowest BCUT2D eigenvalue weighted by molar-refractivity contribution is -0.122. The van der Waals surface area contributed by atoms with Crippen LogP contribution in [0.4, 0.5) is 0 Å². The second kappa shape index (κ2) is 6.86. The molecule has 1 N–H and O–H groups in total. The highest BCUT2D eigenvalue weighted by Crippen LogP contribution is 2.11. The molecule has 0 fully saturated rings. The second-order valence-corrected chi connectivity index (χ2v) is 4.57. The topological polar surface area (TPSA) is 29.1 Å². The lowest BCUT2D eigenvalue weighted by Gasteiger charge is -2.23. The molecule has 0 radical (unpaired) electrons. The molecular formula is C12H25NO. The molecule has 0 spiro atoms. The summed E-state index contributed by atoms with van der Waals surface area (Å²) in [6, 6.07) is 0.353. The quantitative estimate of drug-likeness (QED) is 0.700. The molecule has 0 saturated carbocycles. The largest absolute Gasteiger partial charge is 0.353 e. The van der Waals surface area contributed by atoms with Crippen molar-refractivity contribution in [2.75, 3.05) is 0 Å². The van der Waals surface area contributed by atoms with E-state index in [0.29, 0.717) is 24.3 Å². The molecule has 0 aromatic carbocycles. The molecule has 1 amide bonds. The van der Waals surface area contributed by atoms with Gasteiger partial charge in [-0.15, -0.1) is 0 Å². The van der Waals surface area contributed by atoms with Gasteiger partial charge in [0.2, 0.25) is 5.91 Å². The third kappa shape index (κ3) is 5.25. The van der Waals surface area contributed by atoms with Crippen LogP contribution in [0.5, 0.6) is 0 Å². The van der Waals surface area contributed by atoms with Crippen LogP contribution in [0.15, 0.2) is 0 Å². The number of carbonyl (C=O) groups is 1. The van der Waals surface area contributed by atoms with Gasteiger partial charge < -0.3 is 5.32 Å². The summed E-state index contributed by atoms with van der Waals surface area (Å²) in [5.74, 6) is 1.23. The summed E-state index contributed by atoms with van der Waals surface area (Å²) in [7, 11) is 0. The molecule has 2 atom stereocenters. The molecule has 0 aliphatic rings. The van der Waals surface area contributed by atoms with Crippen molar-refractivity contribution in [2.45, 2.75) is 59.9 Å². The van der Waals surface area contributed by atoms with Gasteiger partial charge in [0.1, 0.15) is 0 Å². The summed E-state index contributed by atoms with van der Waals surface area (Å²) < 4.78 is 0. The van der Waals surface area contributed by atoms with Crippen molar-refractivity contribution in [1.29, 1.82) is 0 Å².